The molecule has 2 rings (SSSR count). The first-order chi connectivity index (χ1) is 30.2. The number of aromatic nitrogens is 2. The van der Waals surface area contributed by atoms with Gasteiger partial charge in [-0.25, -0.2) is 9.59 Å². The molecule has 0 spiro atoms. The highest BCUT2D eigenvalue weighted by Gasteiger charge is 2.39. The Bertz CT molecular complexity index is 2110. The van der Waals surface area contributed by atoms with Crippen molar-refractivity contribution in [2.75, 3.05) is 25.2 Å². The average Bonchev–Trinajstić information content (AvgIpc) is 3.61. The smallest absolute Gasteiger partial charge is 0.408 e. The summed E-state index contributed by atoms with van der Waals surface area (Å²) < 4.78 is 23.1. The van der Waals surface area contributed by atoms with Crippen LogP contribution in [0.2, 0.25) is 0 Å². The van der Waals surface area contributed by atoms with Crippen LogP contribution in [0.15, 0.2) is 20.9 Å². The molecule has 0 bridgehead atoms. The Morgan fingerprint density at radius 2 is 1.68 bits per heavy atom. The number of carbonyl (C=O) groups excluding carboxylic acids is 6. The standard InChI is InChI=1S/C38H60N9O15PS2/c1-10-19(2)30(34(53)40-23(11-12-65-9)27(49)13-20(3)35(54)55)43-32(51)25(14-22(5)48)41-33(52)26(42-37(57)62-38(6,7)8)17-59-63(58,64)60-18-28-24(45-46-39)15-29(61-28)47-16-21(4)31(50)44-36(47)56/h16,19-20,23-26,28-30H,10-15,17-18H2,1-9H3,(H,40,53)(H,41,52)(H,42,57)(H,43,51)(H,54,55)(H,58,64)(H,44,50,56)/t19-,20+,23-,24-,25-,26-,28+,29?,30-,63?/m0/s1. The summed E-state index contributed by atoms with van der Waals surface area (Å²) in [5.74, 6) is -6.27. The topological polar surface area (TPSA) is 349 Å². The average molecular weight is 978 g/mol. The Hall–Kier alpha value is -4.68. The van der Waals surface area contributed by atoms with E-state index in [4.69, 9.17) is 35.9 Å². The van der Waals surface area contributed by atoms with Crippen molar-refractivity contribution in [3.8, 4) is 0 Å². The van der Waals surface area contributed by atoms with Gasteiger partial charge in [0.1, 0.15) is 35.7 Å². The molecule has 364 valence electrons. The molecule has 2 unspecified atom stereocenters. The molecule has 27 heteroatoms. The van der Waals surface area contributed by atoms with Crippen molar-refractivity contribution in [3.05, 3.63) is 43.0 Å². The van der Waals surface area contributed by atoms with E-state index in [1.807, 2.05) is 0 Å². The summed E-state index contributed by atoms with van der Waals surface area (Å²) in [4.78, 5) is 132. The van der Waals surface area contributed by atoms with Gasteiger partial charge in [-0.1, -0.05) is 32.3 Å². The number of ketones is 2. The molecule has 1 aromatic heterocycles. The lowest BCUT2D eigenvalue weighted by Crippen LogP contribution is -2.60. The Balaban J connectivity index is 2.33. The molecule has 2 heterocycles. The van der Waals surface area contributed by atoms with E-state index in [1.54, 1.807) is 40.9 Å². The molecule has 0 aliphatic carbocycles. The fourth-order valence-corrected chi connectivity index (χ4v) is 7.68. The number of carboxylic acids is 1. The van der Waals surface area contributed by atoms with Crippen LogP contribution in [0, 0.1) is 18.8 Å². The Labute approximate surface area is 384 Å². The summed E-state index contributed by atoms with van der Waals surface area (Å²) in [6.07, 6.45) is -0.647. The highest BCUT2D eigenvalue weighted by molar-refractivity contribution is 8.07. The first-order valence-corrected chi connectivity index (χ1v) is 24.5. The van der Waals surface area contributed by atoms with Crippen LogP contribution in [0.4, 0.5) is 4.79 Å². The second kappa shape index (κ2) is 25.9. The summed E-state index contributed by atoms with van der Waals surface area (Å²) >= 11 is 6.56. The molecule has 0 radical (unpaired) electrons. The van der Waals surface area contributed by atoms with Crippen LogP contribution >= 0.6 is 18.5 Å². The minimum absolute atomic E-state index is 0.0369. The summed E-state index contributed by atoms with van der Waals surface area (Å²) in [7, 11) is 0. The fraction of sp³-hybridized carbons (Fsp3) is 0.711. The second-order valence-electron chi connectivity index (χ2n) is 16.5. The first kappa shape index (κ1) is 56.4. The molecule has 10 atom stereocenters. The zero-order chi connectivity index (χ0) is 49.4. The van der Waals surface area contributed by atoms with E-state index in [0.717, 1.165) is 11.5 Å². The quantitative estimate of drug-likeness (QED) is 0.0301. The van der Waals surface area contributed by atoms with Gasteiger partial charge < -0.3 is 49.8 Å². The molecule has 7 N–H and O–H groups in total. The van der Waals surface area contributed by atoms with Gasteiger partial charge in [0.25, 0.3) is 5.56 Å². The Kier molecular flexibility index (Phi) is 22.5. The number of carbonyl (C=O) groups is 7. The summed E-state index contributed by atoms with van der Waals surface area (Å²) in [5.41, 5.74) is 6.89. The van der Waals surface area contributed by atoms with Crippen molar-refractivity contribution in [2.24, 2.45) is 17.0 Å². The highest BCUT2D eigenvalue weighted by atomic mass is 32.5. The summed E-state index contributed by atoms with van der Waals surface area (Å²) in [6.45, 7) is 6.20. The van der Waals surface area contributed by atoms with E-state index in [2.05, 4.69) is 36.3 Å². The number of amides is 4. The molecule has 1 aromatic rings. The number of hydrogen-bond acceptors (Lipinski definition) is 16. The number of azide groups is 1. The van der Waals surface area contributed by atoms with Crippen molar-refractivity contribution in [1.82, 2.24) is 30.8 Å². The van der Waals surface area contributed by atoms with E-state index in [1.165, 1.54) is 31.8 Å². The number of rotatable bonds is 26. The zero-order valence-electron chi connectivity index (χ0n) is 37.7. The number of carboxylic acid groups (broad SMARTS) is 1. The highest BCUT2D eigenvalue weighted by Crippen LogP contribution is 2.45. The first-order valence-electron chi connectivity index (χ1n) is 20.5. The molecule has 4 amide bonds. The second-order valence-corrected chi connectivity index (χ2v) is 20.3. The lowest BCUT2D eigenvalue weighted by atomic mass is 9.95. The number of aliphatic carboxylic acids is 1. The third-order valence-electron chi connectivity index (χ3n) is 9.84. The molecule has 0 aromatic carbocycles. The number of Topliss-reactive ketones (excluding diaryl/α,β-unsaturated/α-hetero) is 2. The van der Waals surface area contributed by atoms with Crippen LogP contribution in [0.5, 0.6) is 0 Å². The number of ether oxygens (including phenoxy) is 2. The van der Waals surface area contributed by atoms with Gasteiger partial charge >= 0.3 is 24.5 Å². The predicted octanol–water partition coefficient (Wildman–Crippen LogP) is 1.87. The van der Waals surface area contributed by atoms with Gasteiger partial charge in [0.2, 0.25) is 17.7 Å². The van der Waals surface area contributed by atoms with Crippen LogP contribution in [-0.2, 0) is 59.1 Å². The SMILES string of the molecule is CC[C@H](C)[C@H](NC(=O)[C@H](CC(C)=O)NC(=O)[C@H](COP(O)(=S)OC[C@H]1OC(n2cc(C)c(=O)[nH]c2=O)C[C@@H]1N=[N+]=[N-])NC(=O)OC(C)(C)C)C(=O)N[C@@H](CCSC)C(=O)C[C@@H](C)C(=O)O. The normalized spacial score (nSPS) is 19.7. The maximum absolute atomic E-state index is 13.9. The number of alkyl carbamates (subject to hydrolysis) is 1. The van der Waals surface area contributed by atoms with E-state index in [-0.39, 0.29) is 24.8 Å². The van der Waals surface area contributed by atoms with Crippen molar-refractivity contribution in [2.45, 2.75) is 136 Å². The van der Waals surface area contributed by atoms with Gasteiger partial charge in [-0.2, -0.15) is 11.8 Å². The monoisotopic (exact) mass is 977 g/mol. The number of nitrogens with zero attached hydrogens (tertiary/aromatic N) is 4. The van der Waals surface area contributed by atoms with Crippen molar-refractivity contribution < 1.29 is 62.1 Å². The molecule has 1 aliphatic rings. The lowest BCUT2D eigenvalue weighted by Gasteiger charge is -2.29. The summed E-state index contributed by atoms with van der Waals surface area (Å²) in [6, 6.07) is -6.73. The zero-order valence-corrected chi connectivity index (χ0v) is 40.2. The maximum atomic E-state index is 13.9. The molecule has 1 fully saturated rings. The van der Waals surface area contributed by atoms with Crippen molar-refractivity contribution in [1.29, 1.82) is 0 Å². The van der Waals surface area contributed by atoms with Crippen molar-refractivity contribution >= 4 is 71.6 Å². The van der Waals surface area contributed by atoms with Gasteiger partial charge in [0.15, 0.2) is 5.78 Å². The molecular weight excluding hydrogens is 918 g/mol. The predicted molar refractivity (Wildman–Crippen MR) is 239 cm³/mol. The van der Waals surface area contributed by atoms with E-state index in [9.17, 15) is 53.2 Å². The van der Waals surface area contributed by atoms with Gasteiger partial charge in [0, 0.05) is 35.9 Å². The van der Waals surface area contributed by atoms with E-state index in [0.29, 0.717) is 12.2 Å². The molecule has 1 saturated heterocycles. The Morgan fingerprint density at radius 3 is 2.25 bits per heavy atom. The van der Waals surface area contributed by atoms with Crippen LogP contribution in [0.3, 0.4) is 0 Å². The number of hydrogen-bond donors (Lipinski definition) is 7. The molecular formula is C38H60N9O15PS2. The van der Waals surface area contributed by atoms with Gasteiger partial charge in [-0.05, 0) is 76.3 Å². The number of nitrogens with one attached hydrogen (secondary N) is 5. The van der Waals surface area contributed by atoms with E-state index >= 15 is 0 Å². The number of aromatic amines is 1. The van der Waals surface area contributed by atoms with Gasteiger partial charge in [-0.15, -0.1) is 0 Å². The van der Waals surface area contributed by atoms with Gasteiger partial charge in [-0.3, -0.25) is 43.1 Å². The van der Waals surface area contributed by atoms with E-state index < -0.39 is 139 Å². The molecule has 0 saturated carbocycles. The third kappa shape index (κ3) is 19.0. The lowest BCUT2D eigenvalue weighted by molar-refractivity contribution is -0.143. The molecule has 24 nitrogen and oxygen atoms in total. The summed E-state index contributed by atoms with van der Waals surface area (Å²) in [5, 5.41) is 22.9. The number of H-pyrrole nitrogens is 1. The van der Waals surface area contributed by atoms with Crippen LogP contribution in [0.25, 0.3) is 10.4 Å². The van der Waals surface area contributed by atoms with Crippen LogP contribution in [0.1, 0.15) is 92.4 Å². The minimum Gasteiger partial charge on any atom is -0.481 e. The molecule has 1 aliphatic heterocycles. The van der Waals surface area contributed by atoms with Gasteiger partial charge in [0.05, 0.1) is 37.3 Å². The Morgan fingerprint density at radius 1 is 1.05 bits per heavy atom. The largest absolute Gasteiger partial charge is 0.481 e. The maximum Gasteiger partial charge on any atom is 0.408 e. The van der Waals surface area contributed by atoms with Crippen molar-refractivity contribution in [3.63, 3.8) is 0 Å². The molecule has 65 heavy (non-hydrogen) atoms. The fourth-order valence-electron chi connectivity index (χ4n) is 6.10. The minimum atomic E-state index is -4.35. The van der Waals surface area contributed by atoms with Crippen LogP contribution in [-0.4, -0.2) is 128 Å². The van der Waals surface area contributed by atoms with Crippen LogP contribution < -0.4 is 32.5 Å². The number of thioether (sulfide) groups is 1. The third-order valence-corrected chi connectivity index (χ3v) is 12.1. The number of aryl methyl sites for hydroxylation is 1.